The normalized spacial score (nSPS) is 24.9. The van der Waals surface area contributed by atoms with Crippen LogP contribution in [0.3, 0.4) is 0 Å². The first-order chi connectivity index (χ1) is 16.5. The van der Waals surface area contributed by atoms with Crippen LogP contribution < -0.4 is 10.6 Å². The first kappa shape index (κ1) is 22.2. The molecule has 0 aromatic heterocycles. The van der Waals surface area contributed by atoms with E-state index in [-0.39, 0.29) is 37.5 Å². The zero-order chi connectivity index (χ0) is 23.7. The van der Waals surface area contributed by atoms with Crippen LogP contribution in [0, 0.1) is 5.92 Å². The number of nitrogens with one attached hydrogen (secondary N) is 2. The molecule has 0 spiro atoms. The molecule has 1 aliphatic heterocycles. The van der Waals surface area contributed by atoms with Crippen molar-refractivity contribution in [1.29, 1.82) is 0 Å². The average Bonchev–Trinajstić information content (AvgIpc) is 3.56. The summed E-state index contributed by atoms with van der Waals surface area (Å²) in [5, 5.41) is 14.9. The van der Waals surface area contributed by atoms with Crippen molar-refractivity contribution < 1.29 is 29.0 Å². The Kier molecular flexibility index (Phi) is 5.83. The van der Waals surface area contributed by atoms with Gasteiger partial charge in [0.2, 0.25) is 5.91 Å². The van der Waals surface area contributed by atoms with Gasteiger partial charge in [-0.15, -0.1) is 0 Å². The Morgan fingerprint density at radius 2 is 1.71 bits per heavy atom. The summed E-state index contributed by atoms with van der Waals surface area (Å²) < 4.78 is 10.8. The summed E-state index contributed by atoms with van der Waals surface area (Å²) >= 11 is 0. The van der Waals surface area contributed by atoms with Crippen LogP contribution in [-0.4, -0.2) is 54.5 Å². The highest BCUT2D eigenvalue weighted by Crippen LogP contribution is 2.44. The molecule has 8 heteroatoms. The van der Waals surface area contributed by atoms with E-state index in [4.69, 9.17) is 9.47 Å². The smallest absolute Gasteiger partial charge is 0.407 e. The molecule has 0 saturated carbocycles. The van der Waals surface area contributed by atoms with E-state index in [1.54, 1.807) is 12.2 Å². The molecule has 34 heavy (non-hydrogen) atoms. The van der Waals surface area contributed by atoms with Crippen LogP contribution >= 0.6 is 0 Å². The molecule has 3 aliphatic rings. The minimum absolute atomic E-state index is 0.0309. The summed E-state index contributed by atoms with van der Waals surface area (Å²) in [6.45, 7) is 0.451. The van der Waals surface area contributed by atoms with Gasteiger partial charge in [0.15, 0.2) is 5.54 Å². The molecule has 2 aliphatic carbocycles. The van der Waals surface area contributed by atoms with E-state index in [0.717, 1.165) is 22.3 Å². The van der Waals surface area contributed by atoms with Crippen molar-refractivity contribution >= 4 is 18.0 Å². The SMILES string of the molecule is O=C(NC1C=CC(C(=O)NC2(C(=O)O)CCOC2)C1)OCC1c2ccccc2-c2ccccc21. The van der Waals surface area contributed by atoms with Crippen molar-refractivity contribution in [2.75, 3.05) is 19.8 Å². The van der Waals surface area contributed by atoms with Crippen molar-refractivity contribution in [2.24, 2.45) is 5.92 Å². The molecule has 2 aromatic rings. The fourth-order valence-corrected chi connectivity index (χ4v) is 5.01. The number of benzene rings is 2. The van der Waals surface area contributed by atoms with E-state index in [1.807, 2.05) is 24.3 Å². The zero-order valence-corrected chi connectivity index (χ0v) is 18.5. The Hall–Kier alpha value is -3.65. The lowest BCUT2D eigenvalue weighted by Gasteiger charge is -2.25. The van der Waals surface area contributed by atoms with Crippen molar-refractivity contribution in [1.82, 2.24) is 10.6 Å². The maximum atomic E-state index is 12.7. The van der Waals surface area contributed by atoms with Gasteiger partial charge < -0.3 is 25.2 Å². The number of alkyl carbamates (subject to hydrolysis) is 1. The molecule has 1 saturated heterocycles. The van der Waals surface area contributed by atoms with Crippen molar-refractivity contribution in [2.45, 2.75) is 30.3 Å². The number of carbonyl (C=O) groups excluding carboxylic acids is 2. The Labute approximate surface area is 196 Å². The number of aliphatic carboxylic acids is 1. The fraction of sp³-hybridized carbons (Fsp3) is 0.346. The van der Waals surface area contributed by atoms with Crippen LogP contribution in [0.5, 0.6) is 0 Å². The lowest BCUT2D eigenvalue weighted by atomic mass is 9.97. The molecule has 0 radical (unpaired) electrons. The van der Waals surface area contributed by atoms with Gasteiger partial charge >= 0.3 is 12.1 Å². The van der Waals surface area contributed by atoms with Gasteiger partial charge in [-0.2, -0.15) is 0 Å². The van der Waals surface area contributed by atoms with Gasteiger partial charge in [-0.05, 0) is 28.7 Å². The molecule has 2 aromatic carbocycles. The monoisotopic (exact) mass is 462 g/mol. The number of ether oxygens (including phenoxy) is 2. The van der Waals surface area contributed by atoms with E-state index >= 15 is 0 Å². The second kappa shape index (κ2) is 8.95. The Balaban J connectivity index is 1.15. The molecule has 0 bridgehead atoms. The van der Waals surface area contributed by atoms with Gasteiger partial charge in [0.25, 0.3) is 0 Å². The molecule has 5 rings (SSSR count). The third-order valence-corrected chi connectivity index (χ3v) is 6.86. The van der Waals surface area contributed by atoms with Gasteiger partial charge in [0.1, 0.15) is 6.61 Å². The third-order valence-electron chi connectivity index (χ3n) is 6.86. The molecule has 3 N–H and O–H groups in total. The minimum atomic E-state index is -1.39. The minimum Gasteiger partial charge on any atom is -0.479 e. The number of hydrogen-bond acceptors (Lipinski definition) is 5. The highest BCUT2D eigenvalue weighted by Gasteiger charge is 2.45. The molecule has 2 amide bonds. The number of carboxylic acid groups (broad SMARTS) is 1. The maximum Gasteiger partial charge on any atom is 0.407 e. The standard InChI is InChI=1S/C26H26N2O6/c29-23(28-26(24(30)31)11-12-33-15-26)16-9-10-17(13-16)27-25(32)34-14-22-20-7-3-1-5-18(20)19-6-2-4-8-21(19)22/h1-10,16-17,22H,11-15H2,(H,27,32)(H,28,29)(H,30,31). The fourth-order valence-electron chi connectivity index (χ4n) is 5.01. The molecular weight excluding hydrogens is 436 g/mol. The van der Waals surface area contributed by atoms with Crippen LogP contribution in [0.4, 0.5) is 4.79 Å². The van der Waals surface area contributed by atoms with Crippen LogP contribution in [0.1, 0.15) is 29.9 Å². The van der Waals surface area contributed by atoms with E-state index in [2.05, 4.69) is 34.9 Å². The highest BCUT2D eigenvalue weighted by atomic mass is 16.5. The molecule has 3 atom stereocenters. The summed E-state index contributed by atoms with van der Waals surface area (Å²) in [7, 11) is 0. The van der Waals surface area contributed by atoms with Gasteiger partial charge in [-0.1, -0.05) is 60.7 Å². The van der Waals surface area contributed by atoms with E-state index < -0.39 is 23.5 Å². The largest absolute Gasteiger partial charge is 0.479 e. The van der Waals surface area contributed by atoms with Gasteiger partial charge in [0.05, 0.1) is 18.6 Å². The first-order valence-electron chi connectivity index (χ1n) is 11.4. The predicted molar refractivity (Wildman–Crippen MR) is 123 cm³/mol. The first-order valence-corrected chi connectivity index (χ1v) is 11.4. The van der Waals surface area contributed by atoms with Gasteiger partial charge in [-0.3, -0.25) is 4.79 Å². The average molecular weight is 463 g/mol. The van der Waals surface area contributed by atoms with Crippen molar-refractivity contribution in [3.63, 3.8) is 0 Å². The predicted octanol–water partition coefficient (Wildman–Crippen LogP) is 2.83. The van der Waals surface area contributed by atoms with Crippen LogP contribution in [0.15, 0.2) is 60.7 Å². The molecular formula is C26H26N2O6. The van der Waals surface area contributed by atoms with E-state index in [0.29, 0.717) is 13.0 Å². The number of fused-ring (bicyclic) bond motifs is 3. The topological polar surface area (TPSA) is 114 Å². The van der Waals surface area contributed by atoms with Crippen LogP contribution in [0.2, 0.25) is 0 Å². The highest BCUT2D eigenvalue weighted by molar-refractivity contribution is 5.89. The third kappa shape index (κ3) is 4.05. The molecule has 1 heterocycles. The summed E-state index contributed by atoms with van der Waals surface area (Å²) in [5.41, 5.74) is 3.20. The zero-order valence-electron chi connectivity index (χ0n) is 18.5. The molecule has 8 nitrogen and oxygen atoms in total. The second-order valence-corrected chi connectivity index (χ2v) is 8.98. The van der Waals surface area contributed by atoms with Crippen LogP contribution in [-0.2, 0) is 19.1 Å². The summed E-state index contributed by atoms with van der Waals surface area (Å²) in [5.74, 6) is -2.05. The number of carboxylic acids is 1. The van der Waals surface area contributed by atoms with Crippen LogP contribution in [0.25, 0.3) is 11.1 Å². The van der Waals surface area contributed by atoms with Crippen molar-refractivity contribution in [3.8, 4) is 11.1 Å². The lowest BCUT2D eigenvalue weighted by Crippen LogP contribution is -2.56. The summed E-state index contributed by atoms with van der Waals surface area (Å²) in [6, 6.07) is 15.9. The molecule has 1 fully saturated rings. The number of carbonyl (C=O) groups is 3. The quantitative estimate of drug-likeness (QED) is 0.569. The van der Waals surface area contributed by atoms with Gasteiger partial charge in [-0.25, -0.2) is 9.59 Å². The summed E-state index contributed by atoms with van der Waals surface area (Å²) in [4.78, 5) is 36.8. The Bertz CT molecular complexity index is 1110. The lowest BCUT2D eigenvalue weighted by molar-refractivity contribution is -0.148. The number of rotatable bonds is 6. The second-order valence-electron chi connectivity index (χ2n) is 8.98. The Morgan fingerprint density at radius 3 is 2.32 bits per heavy atom. The van der Waals surface area contributed by atoms with Gasteiger partial charge in [0, 0.05) is 18.9 Å². The van der Waals surface area contributed by atoms with E-state index in [1.165, 1.54) is 0 Å². The maximum absolute atomic E-state index is 12.7. The number of hydrogen-bond donors (Lipinski definition) is 3. The Morgan fingerprint density at radius 1 is 1.03 bits per heavy atom. The molecule has 176 valence electrons. The molecule has 3 unspecified atom stereocenters. The summed E-state index contributed by atoms with van der Waals surface area (Å²) in [6.07, 6.45) is 3.45. The number of amides is 2. The van der Waals surface area contributed by atoms with Crippen molar-refractivity contribution in [3.05, 3.63) is 71.8 Å². The van der Waals surface area contributed by atoms with E-state index in [9.17, 15) is 19.5 Å².